The van der Waals surface area contributed by atoms with Crippen LogP contribution in [0.2, 0.25) is 0 Å². The second kappa shape index (κ2) is 8.05. The molecule has 34 heavy (non-hydrogen) atoms. The van der Waals surface area contributed by atoms with E-state index in [1.165, 1.54) is 12.1 Å². The maximum atomic E-state index is 14.5. The van der Waals surface area contributed by atoms with E-state index in [4.69, 9.17) is 9.72 Å². The number of hydrogen-bond donors (Lipinski definition) is 1. The van der Waals surface area contributed by atoms with Crippen molar-refractivity contribution in [2.45, 2.75) is 31.4 Å². The van der Waals surface area contributed by atoms with Crippen LogP contribution < -0.4 is 14.5 Å². The maximum Gasteiger partial charge on any atom is 0.239 e. The fourth-order valence-electron chi connectivity index (χ4n) is 5.12. The molecule has 176 valence electrons. The van der Waals surface area contributed by atoms with Gasteiger partial charge in [0.15, 0.2) is 11.3 Å². The molecule has 0 aliphatic carbocycles. The molecule has 0 radical (unpaired) electrons. The molecule has 10 heteroatoms. The summed E-state index contributed by atoms with van der Waals surface area (Å²) in [7, 11) is 1.56. The molecular formula is C24H24F2N6O2. The van der Waals surface area contributed by atoms with E-state index in [9.17, 15) is 13.9 Å². The highest BCUT2D eigenvalue weighted by molar-refractivity contribution is 5.93. The monoisotopic (exact) mass is 466 g/mol. The molecule has 6 rings (SSSR count). The predicted molar refractivity (Wildman–Crippen MR) is 123 cm³/mol. The SMILES string of the molecule is COc1nc2nn3ccc(N4CCC[C@@H]4c4cc(F)ccc4F)nc3c2cc1N1CCC(O)C1. The van der Waals surface area contributed by atoms with E-state index in [1.54, 1.807) is 11.6 Å². The first-order valence-electron chi connectivity index (χ1n) is 11.4. The summed E-state index contributed by atoms with van der Waals surface area (Å²) in [6.45, 7) is 1.91. The second-order valence-corrected chi connectivity index (χ2v) is 8.85. The molecule has 1 aromatic carbocycles. The topological polar surface area (TPSA) is 79.0 Å². The number of pyridine rings is 1. The second-order valence-electron chi connectivity index (χ2n) is 8.85. The summed E-state index contributed by atoms with van der Waals surface area (Å²) < 4.78 is 35.6. The number of methoxy groups -OCH3 is 1. The highest BCUT2D eigenvalue weighted by Gasteiger charge is 2.30. The third-order valence-electron chi connectivity index (χ3n) is 6.76. The minimum Gasteiger partial charge on any atom is -0.479 e. The molecule has 1 unspecified atom stereocenters. The average molecular weight is 466 g/mol. The van der Waals surface area contributed by atoms with Gasteiger partial charge in [0.1, 0.15) is 23.1 Å². The molecule has 0 spiro atoms. The Morgan fingerprint density at radius 2 is 1.97 bits per heavy atom. The van der Waals surface area contributed by atoms with Gasteiger partial charge < -0.3 is 19.6 Å². The van der Waals surface area contributed by atoms with Crippen molar-refractivity contribution in [1.29, 1.82) is 0 Å². The van der Waals surface area contributed by atoms with Crippen LogP contribution in [0.4, 0.5) is 20.3 Å². The molecule has 2 aliphatic rings. The van der Waals surface area contributed by atoms with Crippen molar-refractivity contribution in [2.75, 3.05) is 36.5 Å². The van der Waals surface area contributed by atoms with Crippen LogP contribution in [0.1, 0.15) is 30.9 Å². The summed E-state index contributed by atoms with van der Waals surface area (Å²) >= 11 is 0. The van der Waals surface area contributed by atoms with Gasteiger partial charge in [-0.3, -0.25) is 0 Å². The van der Waals surface area contributed by atoms with Gasteiger partial charge in [0.25, 0.3) is 0 Å². The molecule has 0 amide bonds. The first-order chi connectivity index (χ1) is 16.5. The van der Waals surface area contributed by atoms with Gasteiger partial charge >= 0.3 is 0 Å². The van der Waals surface area contributed by atoms with Crippen LogP contribution in [0.15, 0.2) is 36.5 Å². The number of hydrogen-bond acceptors (Lipinski definition) is 7. The Labute approximate surface area is 194 Å². The average Bonchev–Trinajstić information content (AvgIpc) is 3.57. The number of anilines is 2. The van der Waals surface area contributed by atoms with Gasteiger partial charge in [0.2, 0.25) is 5.88 Å². The molecular weight excluding hydrogens is 442 g/mol. The van der Waals surface area contributed by atoms with Gasteiger partial charge in [-0.05, 0) is 49.6 Å². The number of fused-ring (bicyclic) bond motifs is 3. The van der Waals surface area contributed by atoms with E-state index in [0.717, 1.165) is 23.6 Å². The lowest BCUT2D eigenvalue weighted by Crippen LogP contribution is -2.24. The van der Waals surface area contributed by atoms with Crippen molar-refractivity contribution >= 4 is 28.2 Å². The standard InChI is InChI=1S/C24H24F2N6O2/c1-34-24-20(30-9-6-15(33)13-30)12-17-22(28-24)29-32-10-7-21(27-23(17)32)31-8-2-3-19(31)16-11-14(25)4-5-18(16)26/h4-5,7,10-12,15,19,33H,2-3,6,8-9,13H2,1H3/t15?,19-/m1/s1. The molecule has 8 nitrogen and oxygen atoms in total. The molecule has 4 aromatic rings. The number of aliphatic hydroxyl groups is 1. The largest absolute Gasteiger partial charge is 0.479 e. The maximum absolute atomic E-state index is 14.5. The third kappa shape index (κ3) is 3.40. The summed E-state index contributed by atoms with van der Waals surface area (Å²) in [5, 5.41) is 15.3. The van der Waals surface area contributed by atoms with Gasteiger partial charge in [-0.2, -0.15) is 4.98 Å². The summed E-state index contributed by atoms with van der Waals surface area (Å²) in [6.07, 6.45) is 3.68. The Morgan fingerprint density at radius 3 is 2.76 bits per heavy atom. The Balaban J connectivity index is 1.44. The van der Waals surface area contributed by atoms with Crippen molar-refractivity contribution < 1.29 is 18.6 Å². The molecule has 2 atom stereocenters. The fourth-order valence-corrected chi connectivity index (χ4v) is 5.12. The molecule has 0 saturated carbocycles. The number of aromatic nitrogens is 4. The van der Waals surface area contributed by atoms with E-state index < -0.39 is 11.6 Å². The first-order valence-corrected chi connectivity index (χ1v) is 11.4. The zero-order valence-electron chi connectivity index (χ0n) is 18.7. The van der Waals surface area contributed by atoms with Gasteiger partial charge in [-0.25, -0.2) is 18.3 Å². The zero-order valence-corrected chi connectivity index (χ0v) is 18.7. The van der Waals surface area contributed by atoms with E-state index in [-0.39, 0.29) is 12.1 Å². The van der Waals surface area contributed by atoms with Gasteiger partial charge in [0.05, 0.1) is 24.6 Å². The predicted octanol–water partition coefficient (Wildman–Crippen LogP) is 3.48. The van der Waals surface area contributed by atoms with Crippen LogP contribution >= 0.6 is 0 Å². The molecule has 2 saturated heterocycles. The number of rotatable bonds is 4. The smallest absolute Gasteiger partial charge is 0.239 e. The summed E-state index contributed by atoms with van der Waals surface area (Å²) in [4.78, 5) is 13.5. The van der Waals surface area contributed by atoms with Crippen molar-refractivity contribution in [3.63, 3.8) is 0 Å². The van der Waals surface area contributed by atoms with Crippen LogP contribution in [-0.2, 0) is 0 Å². The van der Waals surface area contributed by atoms with Crippen molar-refractivity contribution in [2.24, 2.45) is 0 Å². The Hall–Kier alpha value is -3.53. The number of halogens is 2. The van der Waals surface area contributed by atoms with E-state index in [1.807, 2.05) is 28.1 Å². The van der Waals surface area contributed by atoms with Crippen LogP contribution in [0.3, 0.4) is 0 Å². The molecule has 5 heterocycles. The van der Waals surface area contributed by atoms with Gasteiger partial charge in [0, 0.05) is 31.4 Å². The van der Waals surface area contributed by atoms with Gasteiger partial charge in [-0.15, -0.1) is 5.10 Å². The number of β-amino-alcohol motifs (C(OH)–C–C–N with tert-alkyl or cyclic N) is 1. The summed E-state index contributed by atoms with van der Waals surface area (Å²) in [5.74, 6) is 0.261. The Morgan fingerprint density at radius 1 is 1.09 bits per heavy atom. The van der Waals surface area contributed by atoms with E-state index in [0.29, 0.717) is 61.0 Å². The van der Waals surface area contributed by atoms with E-state index >= 15 is 0 Å². The molecule has 2 fully saturated rings. The molecule has 0 bridgehead atoms. The number of aliphatic hydroxyl groups excluding tert-OH is 1. The molecule has 2 aliphatic heterocycles. The minimum atomic E-state index is -0.451. The Kier molecular flexibility index (Phi) is 4.98. The summed E-state index contributed by atoms with van der Waals surface area (Å²) in [5.41, 5.74) is 2.25. The van der Waals surface area contributed by atoms with Crippen LogP contribution in [0.25, 0.3) is 16.7 Å². The normalized spacial score (nSPS) is 20.7. The van der Waals surface area contributed by atoms with E-state index in [2.05, 4.69) is 10.1 Å². The highest BCUT2D eigenvalue weighted by atomic mass is 19.1. The molecule has 3 aromatic heterocycles. The number of ether oxygens (including phenoxy) is 1. The lowest BCUT2D eigenvalue weighted by atomic mass is 10.0. The lowest BCUT2D eigenvalue weighted by molar-refractivity contribution is 0.198. The van der Waals surface area contributed by atoms with Crippen molar-refractivity contribution in [3.8, 4) is 5.88 Å². The van der Waals surface area contributed by atoms with Crippen molar-refractivity contribution in [1.82, 2.24) is 19.6 Å². The number of nitrogens with zero attached hydrogens (tertiary/aromatic N) is 6. The minimum absolute atomic E-state index is 0.292. The van der Waals surface area contributed by atoms with Crippen LogP contribution in [0.5, 0.6) is 5.88 Å². The lowest BCUT2D eigenvalue weighted by Gasteiger charge is -2.26. The third-order valence-corrected chi connectivity index (χ3v) is 6.76. The Bertz CT molecular complexity index is 1390. The van der Waals surface area contributed by atoms with Crippen LogP contribution in [-0.4, -0.2) is 57.5 Å². The van der Waals surface area contributed by atoms with Crippen LogP contribution in [0, 0.1) is 11.6 Å². The summed E-state index contributed by atoms with van der Waals surface area (Å²) in [6, 6.07) is 7.09. The molecule has 1 N–H and O–H groups in total. The highest BCUT2D eigenvalue weighted by Crippen LogP contribution is 2.38. The quantitative estimate of drug-likeness (QED) is 0.493. The first kappa shape index (κ1) is 21.0. The number of benzene rings is 1. The van der Waals surface area contributed by atoms with Crippen molar-refractivity contribution in [3.05, 3.63) is 53.7 Å². The zero-order chi connectivity index (χ0) is 23.4. The van der Waals surface area contributed by atoms with Gasteiger partial charge in [-0.1, -0.05) is 0 Å². The fraction of sp³-hybridized carbons (Fsp3) is 0.375.